The molecule has 138 valence electrons. The number of hydrogen-bond donors (Lipinski definition) is 0. The van der Waals surface area contributed by atoms with Crippen LogP contribution >= 0.6 is 0 Å². The van der Waals surface area contributed by atoms with Crippen molar-refractivity contribution in [2.24, 2.45) is 5.92 Å². The number of rotatable bonds is 4. The minimum Gasteiger partial charge on any atom is -0.465 e. The van der Waals surface area contributed by atoms with Crippen molar-refractivity contribution in [1.29, 1.82) is 0 Å². The van der Waals surface area contributed by atoms with E-state index in [9.17, 15) is 9.59 Å². The minimum atomic E-state index is -0.828. The summed E-state index contributed by atoms with van der Waals surface area (Å²) in [5, 5.41) is 0. The van der Waals surface area contributed by atoms with E-state index in [1.807, 2.05) is 30.3 Å². The number of carbonyl (C=O) groups excluding carboxylic acids is 2. The normalized spacial score (nSPS) is 22.0. The van der Waals surface area contributed by atoms with Crippen molar-refractivity contribution >= 4 is 18.0 Å². The maximum Gasteiger partial charge on any atom is 0.335 e. The van der Waals surface area contributed by atoms with Gasteiger partial charge in [0.2, 0.25) is 6.79 Å². The van der Waals surface area contributed by atoms with Crippen molar-refractivity contribution in [1.82, 2.24) is 0 Å². The average molecular weight is 366 g/mol. The van der Waals surface area contributed by atoms with Crippen LogP contribution in [0.3, 0.4) is 0 Å². The van der Waals surface area contributed by atoms with Gasteiger partial charge >= 0.3 is 11.9 Å². The van der Waals surface area contributed by atoms with Crippen molar-refractivity contribution in [3.05, 3.63) is 65.2 Å². The molecular formula is C21H18O6. The van der Waals surface area contributed by atoms with E-state index in [4.69, 9.17) is 18.9 Å². The summed E-state index contributed by atoms with van der Waals surface area (Å²) in [7, 11) is 0. The van der Waals surface area contributed by atoms with Crippen LogP contribution in [-0.4, -0.2) is 25.3 Å². The predicted molar refractivity (Wildman–Crippen MR) is 95.9 cm³/mol. The van der Waals surface area contributed by atoms with Crippen molar-refractivity contribution in [2.45, 2.75) is 13.0 Å². The number of carbonyl (C=O) groups is 2. The lowest BCUT2D eigenvalue weighted by Crippen LogP contribution is -2.22. The lowest BCUT2D eigenvalue weighted by Gasteiger charge is -2.16. The molecule has 2 aromatic carbocycles. The van der Waals surface area contributed by atoms with Crippen LogP contribution in [0.25, 0.3) is 6.08 Å². The number of ether oxygens (including phenoxy) is 4. The Bertz CT molecular complexity index is 902. The Morgan fingerprint density at radius 1 is 1.15 bits per heavy atom. The zero-order valence-electron chi connectivity index (χ0n) is 14.7. The molecule has 0 aromatic heterocycles. The Labute approximate surface area is 156 Å². The van der Waals surface area contributed by atoms with E-state index >= 15 is 0 Å². The van der Waals surface area contributed by atoms with E-state index in [1.54, 1.807) is 31.2 Å². The van der Waals surface area contributed by atoms with Gasteiger partial charge in [0, 0.05) is 0 Å². The highest BCUT2D eigenvalue weighted by molar-refractivity contribution is 6.02. The smallest absolute Gasteiger partial charge is 0.335 e. The van der Waals surface area contributed by atoms with Gasteiger partial charge in [-0.05, 0) is 36.3 Å². The maximum atomic E-state index is 12.6. The highest BCUT2D eigenvalue weighted by Gasteiger charge is 2.46. The minimum absolute atomic E-state index is 0.166. The fraction of sp³-hybridized carbons (Fsp3) is 0.238. The molecule has 0 radical (unpaired) electrons. The van der Waals surface area contributed by atoms with Gasteiger partial charge in [0.1, 0.15) is 12.0 Å². The van der Waals surface area contributed by atoms with Gasteiger partial charge in [-0.2, -0.15) is 0 Å². The first-order chi connectivity index (χ1) is 13.2. The molecule has 0 N–H and O–H groups in total. The molecule has 0 spiro atoms. The van der Waals surface area contributed by atoms with E-state index in [1.165, 1.54) is 0 Å². The molecule has 0 saturated carbocycles. The Morgan fingerprint density at radius 2 is 1.93 bits per heavy atom. The summed E-state index contributed by atoms with van der Waals surface area (Å²) in [6.07, 6.45) is 0.937. The van der Waals surface area contributed by atoms with E-state index in [0.29, 0.717) is 17.1 Å². The second-order valence-corrected chi connectivity index (χ2v) is 6.18. The molecule has 6 nitrogen and oxygen atoms in total. The van der Waals surface area contributed by atoms with Crippen LogP contribution in [0.4, 0.5) is 0 Å². The number of fused-ring (bicyclic) bond motifs is 1. The second-order valence-electron chi connectivity index (χ2n) is 6.18. The average Bonchev–Trinajstić information content (AvgIpc) is 3.27. The third-order valence-corrected chi connectivity index (χ3v) is 4.49. The molecule has 2 aromatic rings. The molecule has 2 atom stereocenters. The number of esters is 2. The van der Waals surface area contributed by atoms with Gasteiger partial charge in [0.05, 0.1) is 12.2 Å². The van der Waals surface area contributed by atoms with Gasteiger partial charge < -0.3 is 18.9 Å². The Kier molecular flexibility index (Phi) is 4.54. The van der Waals surface area contributed by atoms with E-state index in [-0.39, 0.29) is 19.0 Å². The molecule has 6 heteroatoms. The summed E-state index contributed by atoms with van der Waals surface area (Å²) in [5.74, 6) is -0.590. The first kappa shape index (κ1) is 17.1. The van der Waals surface area contributed by atoms with Crippen molar-refractivity contribution < 1.29 is 28.5 Å². The predicted octanol–water partition coefficient (Wildman–Crippen LogP) is 3.28. The molecule has 1 fully saturated rings. The number of hydrogen-bond acceptors (Lipinski definition) is 6. The van der Waals surface area contributed by atoms with Crippen LogP contribution < -0.4 is 9.47 Å². The fourth-order valence-corrected chi connectivity index (χ4v) is 3.26. The molecule has 1 saturated heterocycles. The number of benzene rings is 2. The van der Waals surface area contributed by atoms with E-state index < -0.39 is 24.0 Å². The highest BCUT2D eigenvalue weighted by atomic mass is 16.7. The molecule has 2 aliphatic rings. The van der Waals surface area contributed by atoms with Crippen LogP contribution in [0, 0.1) is 5.92 Å². The molecule has 4 rings (SSSR count). The van der Waals surface area contributed by atoms with Crippen LogP contribution in [0.5, 0.6) is 11.5 Å². The molecule has 0 amide bonds. The Hall–Kier alpha value is -3.28. The number of cyclic esters (lactones) is 1. The summed E-state index contributed by atoms with van der Waals surface area (Å²) in [6.45, 7) is 2.12. The van der Waals surface area contributed by atoms with Gasteiger partial charge in [-0.1, -0.05) is 36.4 Å². The van der Waals surface area contributed by atoms with Gasteiger partial charge in [0.25, 0.3) is 0 Å². The topological polar surface area (TPSA) is 71.1 Å². The molecule has 2 heterocycles. The van der Waals surface area contributed by atoms with Crippen molar-refractivity contribution in [3.63, 3.8) is 0 Å². The first-order valence-electron chi connectivity index (χ1n) is 8.71. The van der Waals surface area contributed by atoms with E-state index in [2.05, 4.69) is 0 Å². The maximum absolute atomic E-state index is 12.6. The van der Waals surface area contributed by atoms with Crippen LogP contribution in [-0.2, 0) is 19.1 Å². The third-order valence-electron chi connectivity index (χ3n) is 4.49. The van der Waals surface area contributed by atoms with Gasteiger partial charge in [-0.25, -0.2) is 4.79 Å². The quantitative estimate of drug-likeness (QED) is 0.611. The lowest BCUT2D eigenvalue weighted by atomic mass is 9.90. The standard InChI is InChI=1S/C21H18O6/c1-2-24-21(23)18-15(10-13-8-9-16-17(11-13)26-12-25-16)20(22)27-19(18)14-6-4-3-5-7-14/h3-11,18-19H,2,12H2,1H3/b15-10+/t18-,19-/m0/s1. The van der Waals surface area contributed by atoms with Gasteiger partial charge in [0.15, 0.2) is 11.5 Å². The Morgan fingerprint density at radius 3 is 2.70 bits per heavy atom. The lowest BCUT2D eigenvalue weighted by molar-refractivity contribution is -0.149. The second kappa shape index (κ2) is 7.15. The van der Waals surface area contributed by atoms with Crippen molar-refractivity contribution in [3.8, 4) is 11.5 Å². The summed E-state index contributed by atoms with van der Waals surface area (Å²) in [5.41, 5.74) is 1.73. The van der Waals surface area contributed by atoms with Crippen LogP contribution in [0.2, 0.25) is 0 Å². The molecule has 0 unspecified atom stereocenters. The summed E-state index contributed by atoms with van der Waals surface area (Å²) in [4.78, 5) is 25.2. The fourth-order valence-electron chi connectivity index (χ4n) is 3.26. The highest BCUT2D eigenvalue weighted by Crippen LogP contribution is 2.41. The largest absolute Gasteiger partial charge is 0.465 e. The van der Waals surface area contributed by atoms with Crippen LogP contribution in [0.1, 0.15) is 24.2 Å². The SMILES string of the molecule is CCOC(=O)[C@H]1/C(=C\c2ccc3c(c2)OCO3)C(=O)O[C@H]1c1ccccc1. The molecular weight excluding hydrogens is 348 g/mol. The summed E-state index contributed by atoms with van der Waals surface area (Å²) in [6, 6.07) is 14.5. The molecule has 2 aliphatic heterocycles. The van der Waals surface area contributed by atoms with E-state index in [0.717, 1.165) is 5.56 Å². The molecule has 0 aliphatic carbocycles. The van der Waals surface area contributed by atoms with Crippen LogP contribution in [0.15, 0.2) is 54.1 Å². The zero-order valence-corrected chi connectivity index (χ0v) is 14.7. The first-order valence-corrected chi connectivity index (χ1v) is 8.71. The summed E-state index contributed by atoms with van der Waals surface area (Å²) >= 11 is 0. The van der Waals surface area contributed by atoms with Crippen molar-refractivity contribution in [2.75, 3.05) is 13.4 Å². The molecule has 0 bridgehead atoms. The van der Waals surface area contributed by atoms with Gasteiger partial charge in [-0.3, -0.25) is 4.79 Å². The molecule has 27 heavy (non-hydrogen) atoms. The monoisotopic (exact) mass is 366 g/mol. The third kappa shape index (κ3) is 3.26. The Balaban J connectivity index is 1.73. The summed E-state index contributed by atoms with van der Waals surface area (Å²) < 4.78 is 21.4. The zero-order chi connectivity index (χ0) is 18.8. The van der Waals surface area contributed by atoms with Gasteiger partial charge in [-0.15, -0.1) is 0 Å².